The molecule has 1 fully saturated rings. The zero-order valence-electron chi connectivity index (χ0n) is 28.5. The number of thiophene rings is 1. The first-order chi connectivity index (χ1) is 22.9. The standard InChI is InChI=1S/C42H38BNO3S/c1-40(2,3)27-18-19-32-30(22-27)38-33(44(32)34-24-48-36-20-17-26(21-29(34)36)25-13-9-8-10-14-25)23-31(43-46-41(4,5)42(6,7)47-43)37-28-15-11-12-16-35(28)45-39(37)38/h8-24H,1-7H3. The Bertz CT molecular complexity index is 2550. The van der Waals surface area contributed by atoms with Crippen LogP contribution in [0.4, 0.5) is 0 Å². The molecule has 1 aliphatic rings. The Balaban J connectivity index is 1.43. The van der Waals surface area contributed by atoms with Gasteiger partial charge in [-0.2, -0.15) is 0 Å². The molecule has 0 amide bonds. The predicted octanol–water partition coefficient (Wildman–Crippen LogP) is 11.2. The van der Waals surface area contributed by atoms with Crippen molar-refractivity contribution in [2.45, 2.75) is 65.1 Å². The van der Waals surface area contributed by atoms with Crippen molar-refractivity contribution in [3.63, 3.8) is 0 Å². The highest BCUT2D eigenvalue weighted by atomic mass is 32.1. The van der Waals surface area contributed by atoms with E-state index in [2.05, 4.69) is 149 Å². The molecule has 0 saturated carbocycles. The monoisotopic (exact) mass is 647 g/mol. The minimum absolute atomic E-state index is 0.0160. The molecule has 4 nitrogen and oxygen atoms in total. The van der Waals surface area contributed by atoms with Crippen LogP contribution in [0.15, 0.2) is 107 Å². The fraction of sp³-hybridized carbons (Fsp3) is 0.238. The van der Waals surface area contributed by atoms with Gasteiger partial charge in [0.15, 0.2) is 0 Å². The number of fused-ring (bicyclic) bond motifs is 8. The summed E-state index contributed by atoms with van der Waals surface area (Å²) in [6.07, 6.45) is 0. The highest BCUT2D eigenvalue weighted by Crippen LogP contribution is 2.45. The van der Waals surface area contributed by atoms with E-state index < -0.39 is 18.3 Å². The Morgan fingerprint density at radius 2 is 1.40 bits per heavy atom. The van der Waals surface area contributed by atoms with Crippen LogP contribution < -0.4 is 5.46 Å². The van der Waals surface area contributed by atoms with Crippen molar-refractivity contribution >= 4 is 77.7 Å². The van der Waals surface area contributed by atoms with Crippen molar-refractivity contribution in [3.8, 4) is 16.8 Å². The van der Waals surface area contributed by atoms with Crippen molar-refractivity contribution in [1.82, 2.24) is 4.57 Å². The molecule has 5 aromatic carbocycles. The second-order valence-corrected chi connectivity index (χ2v) is 16.2. The van der Waals surface area contributed by atoms with E-state index in [4.69, 9.17) is 13.7 Å². The molecule has 0 unspecified atom stereocenters. The lowest BCUT2D eigenvalue weighted by Crippen LogP contribution is -2.41. The number of aromatic nitrogens is 1. The Morgan fingerprint density at radius 3 is 2.15 bits per heavy atom. The fourth-order valence-corrected chi connectivity index (χ4v) is 8.20. The largest absolute Gasteiger partial charge is 0.495 e. The number of nitrogens with zero attached hydrogens (tertiary/aromatic N) is 1. The summed E-state index contributed by atoms with van der Waals surface area (Å²) in [5.41, 5.74) is 8.83. The van der Waals surface area contributed by atoms with Gasteiger partial charge in [-0.15, -0.1) is 11.3 Å². The summed E-state index contributed by atoms with van der Waals surface area (Å²) in [7, 11) is -0.552. The molecule has 0 N–H and O–H groups in total. The average molecular weight is 648 g/mol. The van der Waals surface area contributed by atoms with Crippen LogP contribution in [-0.2, 0) is 14.7 Å². The smallest absolute Gasteiger partial charge is 0.455 e. The Labute approximate surface area is 285 Å². The number of para-hydroxylation sites is 1. The first-order valence-electron chi connectivity index (χ1n) is 16.8. The maximum absolute atomic E-state index is 6.88. The molecular weight excluding hydrogens is 609 g/mol. The molecule has 8 aromatic rings. The molecule has 3 aromatic heterocycles. The van der Waals surface area contributed by atoms with E-state index in [0.29, 0.717) is 0 Å². The molecule has 0 bridgehead atoms. The second kappa shape index (κ2) is 10.1. The SMILES string of the molecule is CC(C)(C)c1ccc2c(c1)c1c3oc4ccccc4c3c(B3OC(C)(C)C(C)(C)O3)cc1n2-c1csc2ccc(-c3ccccc3)cc12. The Kier molecular flexibility index (Phi) is 6.25. The van der Waals surface area contributed by atoms with E-state index in [0.717, 1.165) is 49.5 Å². The first kappa shape index (κ1) is 29.8. The number of hydrogen-bond donors (Lipinski definition) is 0. The van der Waals surface area contributed by atoms with Crippen molar-refractivity contribution in [2.75, 3.05) is 0 Å². The van der Waals surface area contributed by atoms with Crippen molar-refractivity contribution < 1.29 is 13.7 Å². The average Bonchev–Trinajstić information content (AvgIpc) is 3.78. The minimum Gasteiger partial charge on any atom is -0.455 e. The summed E-state index contributed by atoms with van der Waals surface area (Å²) >= 11 is 1.78. The van der Waals surface area contributed by atoms with Crippen LogP contribution >= 0.6 is 11.3 Å². The molecule has 48 heavy (non-hydrogen) atoms. The molecule has 238 valence electrons. The van der Waals surface area contributed by atoms with E-state index in [9.17, 15) is 0 Å². The Hall–Kier alpha value is -4.36. The van der Waals surface area contributed by atoms with E-state index in [1.165, 1.54) is 32.2 Å². The maximum atomic E-state index is 6.88. The van der Waals surface area contributed by atoms with E-state index in [1.54, 1.807) is 11.3 Å². The Morgan fingerprint density at radius 1 is 0.667 bits per heavy atom. The normalized spacial score (nSPS) is 16.4. The number of hydrogen-bond acceptors (Lipinski definition) is 4. The van der Waals surface area contributed by atoms with Crippen molar-refractivity contribution in [1.29, 1.82) is 0 Å². The van der Waals surface area contributed by atoms with Crippen molar-refractivity contribution in [3.05, 3.63) is 108 Å². The van der Waals surface area contributed by atoms with Gasteiger partial charge in [-0.1, -0.05) is 81.4 Å². The molecule has 4 heterocycles. The quantitative estimate of drug-likeness (QED) is 0.179. The highest BCUT2D eigenvalue weighted by molar-refractivity contribution is 7.17. The van der Waals surface area contributed by atoms with E-state index >= 15 is 0 Å². The van der Waals surface area contributed by atoms with Gasteiger partial charge in [0, 0.05) is 31.6 Å². The summed E-state index contributed by atoms with van der Waals surface area (Å²) in [5.74, 6) is 0. The van der Waals surface area contributed by atoms with Crippen LogP contribution in [0.25, 0.3) is 70.6 Å². The maximum Gasteiger partial charge on any atom is 0.495 e. The zero-order valence-corrected chi connectivity index (χ0v) is 29.3. The third kappa shape index (κ3) is 4.29. The van der Waals surface area contributed by atoms with Gasteiger partial charge >= 0.3 is 7.12 Å². The lowest BCUT2D eigenvalue weighted by molar-refractivity contribution is 0.00578. The summed E-state index contributed by atoms with van der Waals surface area (Å²) in [6.45, 7) is 15.3. The van der Waals surface area contributed by atoms with Gasteiger partial charge in [-0.05, 0) is 91.7 Å². The topological polar surface area (TPSA) is 36.5 Å². The van der Waals surface area contributed by atoms with Gasteiger partial charge in [-0.3, -0.25) is 0 Å². The predicted molar refractivity (Wildman–Crippen MR) is 203 cm³/mol. The first-order valence-corrected chi connectivity index (χ1v) is 17.6. The van der Waals surface area contributed by atoms with Gasteiger partial charge in [0.05, 0.1) is 33.3 Å². The lowest BCUT2D eigenvalue weighted by atomic mass is 9.75. The van der Waals surface area contributed by atoms with Gasteiger partial charge in [-0.25, -0.2) is 0 Å². The number of rotatable bonds is 3. The van der Waals surface area contributed by atoms with Gasteiger partial charge in [0.2, 0.25) is 0 Å². The molecule has 0 atom stereocenters. The molecule has 0 aliphatic carbocycles. The zero-order chi connectivity index (χ0) is 33.2. The van der Waals surface area contributed by atoms with Crippen LogP contribution in [0.5, 0.6) is 0 Å². The third-order valence-electron chi connectivity index (χ3n) is 10.7. The summed E-state index contributed by atoms with van der Waals surface area (Å²) in [6, 6.07) is 35.0. The summed E-state index contributed by atoms with van der Waals surface area (Å²) < 4.78 is 24.1. The molecule has 0 radical (unpaired) electrons. The number of benzene rings is 5. The molecule has 9 rings (SSSR count). The molecule has 6 heteroatoms. The van der Waals surface area contributed by atoms with Crippen LogP contribution in [0.3, 0.4) is 0 Å². The van der Waals surface area contributed by atoms with E-state index in [1.807, 2.05) is 6.07 Å². The molecule has 0 spiro atoms. The lowest BCUT2D eigenvalue weighted by Gasteiger charge is -2.32. The van der Waals surface area contributed by atoms with Gasteiger partial charge in [0.25, 0.3) is 0 Å². The van der Waals surface area contributed by atoms with Crippen LogP contribution in [-0.4, -0.2) is 22.9 Å². The van der Waals surface area contributed by atoms with Crippen LogP contribution in [0.1, 0.15) is 54.0 Å². The second-order valence-electron chi connectivity index (χ2n) is 15.3. The summed E-state index contributed by atoms with van der Waals surface area (Å²) in [4.78, 5) is 0. The van der Waals surface area contributed by atoms with Gasteiger partial charge < -0.3 is 18.3 Å². The highest BCUT2D eigenvalue weighted by Gasteiger charge is 2.52. The fourth-order valence-electron chi connectivity index (χ4n) is 7.29. The molecule has 1 saturated heterocycles. The minimum atomic E-state index is -0.552. The molecule has 1 aliphatic heterocycles. The van der Waals surface area contributed by atoms with Gasteiger partial charge in [0.1, 0.15) is 11.2 Å². The van der Waals surface area contributed by atoms with Crippen LogP contribution in [0.2, 0.25) is 0 Å². The number of furan rings is 1. The third-order valence-corrected chi connectivity index (χ3v) is 11.6. The van der Waals surface area contributed by atoms with Crippen LogP contribution in [0, 0.1) is 0 Å². The molecular formula is C42H38BNO3S. The van der Waals surface area contributed by atoms with E-state index in [-0.39, 0.29) is 5.41 Å². The van der Waals surface area contributed by atoms with Crippen molar-refractivity contribution in [2.24, 2.45) is 0 Å². The summed E-state index contributed by atoms with van der Waals surface area (Å²) in [5, 5.41) is 7.94.